The van der Waals surface area contributed by atoms with Crippen molar-refractivity contribution in [2.75, 3.05) is 20.7 Å². The van der Waals surface area contributed by atoms with Crippen LogP contribution in [0.5, 0.6) is 11.5 Å². The van der Waals surface area contributed by atoms with Crippen molar-refractivity contribution in [3.8, 4) is 11.5 Å². The molecular weight excluding hydrogens is 356 g/mol. The lowest BCUT2D eigenvalue weighted by molar-refractivity contribution is -0.194. The Morgan fingerprint density at radius 1 is 1.36 bits per heavy atom. The Hall–Kier alpha value is -1.89. The number of methoxy groups -OCH3 is 1. The smallest absolute Gasteiger partial charge is 0.308 e. The van der Waals surface area contributed by atoms with Crippen molar-refractivity contribution in [3.63, 3.8) is 0 Å². The van der Waals surface area contributed by atoms with Gasteiger partial charge in [0.05, 0.1) is 5.41 Å². The average molecular weight is 382 g/mol. The first-order valence-corrected chi connectivity index (χ1v) is 10.1. The Labute approximate surface area is 164 Å². The van der Waals surface area contributed by atoms with Crippen molar-refractivity contribution in [2.45, 2.75) is 55.4 Å². The van der Waals surface area contributed by atoms with Crippen molar-refractivity contribution in [2.24, 2.45) is 11.1 Å². The van der Waals surface area contributed by atoms with E-state index in [1.54, 1.807) is 7.11 Å². The number of rotatable bonds is 2. The number of esters is 1. The lowest BCUT2D eigenvalue weighted by Gasteiger charge is -2.70. The molecule has 2 spiro atoms. The molecule has 2 heterocycles. The van der Waals surface area contributed by atoms with E-state index in [-0.39, 0.29) is 28.9 Å². The standard InChI is InChI=1S/C22H26N2O4/c1-12(25)27-14-5-4-13-10-16-20-6-7-22(26-3,15(23)11-20)19-21(20,8-9-24(16)2)17(13)18(14)28-19/h4-7,15-16,19H,8-11,23H2,1-3H3. The van der Waals surface area contributed by atoms with E-state index in [0.29, 0.717) is 11.8 Å². The molecule has 6 unspecified atom stereocenters. The molecule has 4 bridgehead atoms. The minimum Gasteiger partial charge on any atom is -0.482 e. The van der Waals surface area contributed by atoms with Crippen LogP contribution in [0.1, 0.15) is 30.9 Å². The number of ether oxygens (including phenoxy) is 3. The molecule has 2 N–H and O–H groups in total. The fourth-order valence-corrected chi connectivity index (χ4v) is 7.33. The van der Waals surface area contributed by atoms with Gasteiger partial charge >= 0.3 is 5.97 Å². The van der Waals surface area contributed by atoms with Gasteiger partial charge < -0.3 is 24.8 Å². The zero-order chi connectivity index (χ0) is 19.5. The van der Waals surface area contributed by atoms with E-state index in [2.05, 4.69) is 30.2 Å². The SMILES string of the molecule is COC12C=CC3(CC1N)C1Cc4ccc(OC(C)=O)c5c4C3(CCN1C)C2O5. The molecule has 1 aromatic carbocycles. The first-order chi connectivity index (χ1) is 13.4. The molecule has 0 amide bonds. The molecule has 28 heavy (non-hydrogen) atoms. The highest BCUT2D eigenvalue weighted by molar-refractivity contribution is 5.73. The molecule has 6 heteroatoms. The summed E-state index contributed by atoms with van der Waals surface area (Å²) < 4.78 is 18.3. The molecule has 6 atom stereocenters. The van der Waals surface area contributed by atoms with E-state index in [9.17, 15) is 4.79 Å². The highest BCUT2D eigenvalue weighted by atomic mass is 16.6. The van der Waals surface area contributed by atoms with Gasteiger partial charge in [-0.1, -0.05) is 18.2 Å². The van der Waals surface area contributed by atoms with Gasteiger partial charge in [0, 0.05) is 37.1 Å². The maximum absolute atomic E-state index is 11.7. The number of carbonyl (C=O) groups is 1. The van der Waals surface area contributed by atoms with Crippen LogP contribution in [-0.2, 0) is 21.4 Å². The molecule has 2 fully saturated rings. The molecule has 148 valence electrons. The first-order valence-electron chi connectivity index (χ1n) is 10.1. The van der Waals surface area contributed by atoms with Crippen LogP contribution >= 0.6 is 0 Å². The highest BCUT2D eigenvalue weighted by Gasteiger charge is 2.78. The molecule has 6 nitrogen and oxygen atoms in total. The van der Waals surface area contributed by atoms with Crippen LogP contribution in [-0.4, -0.2) is 55.4 Å². The molecule has 4 aliphatic carbocycles. The minimum absolute atomic E-state index is 0.0859. The van der Waals surface area contributed by atoms with E-state index in [1.807, 2.05) is 6.07 Å². The van der Waals surface area contributed by atoms with Crippen LogP contribution < -0.4 is 15.2 Å². The topological polar surface area (TPSA) is 74.0 Å². The number of carbonyl (C=O) groups excluding carboxylic acids is 1. The summed E-state index contributed by atoms with van der Waals surface area (Å²) in [5.41, 5.74) is 8.34. The fraction of sp³-hybridized carbons (Fsp3) is 0.591. The zero-order valence-electron chi connectivity index (χ0n) is 16.5. The molecular formula is C22H26N2O4. The molecule has 1 saturated heterocycles. The largest absolute Gasteiger partial charge is 0.482 e. The third-order valence-electron chi connectivity index (χ3n) is 8.36. The van der Waals surface area contributed by atoms with Gasteiger partial charge in [0.1, 0.15) is 11.7 Å². The molecule has 2 aliphatic heterocycles. The number of hydrogen-bond acceptors (Lipinski definition) is 6. The summed E-state index contributed by atoms with van der Waals surface area (Å²) in [7, 11) is 3.96. The zero-order valence-corrected chi connectivity index (χ0v) is 16.5. The molecule has 0 radical (unpaired) electrons. The van der Waals surface area contributed by atoms with Gasteiger partial charge in [-0.05, 0) is 44.5 Å². The Bertz CT molecular complexity index is 945. The monoisotopic (exact) mass is 382 g/mol. The number of benzene rings is 1. The van der Waals surface area contributed by atoms with Gasteiger partial charge in [0.15, 0.2) is 11.5 Å². The first kappa shape index (κ1) is 17.0. The quantitative estimate of drug-likeness (QED) is 0.475. The lowest BCUT2D eigenvalue weighted by atomic mass is 9.38. The van der Waals surface area contributed by atoms with Crippen molar-refractivity contribution in [1.82, 2.24) is 4.90 Å². The predicted octanol–water partition coefficient (Wildman–Crippen LogP) is 1.54. The molecule has 7 rings (SSSR count). The number of likely N-dealkylation sites (tertiary alicyclic amines) is 1. The van der Waals surface area contributed by atoms with Crippen LogP contribution in [0.4, 0.5) is 0 Å². The minimum atomic E-state index is -0.663. The summed E-state index contributed by atoms with van der Waals surface area (Å²) in [5.74, 6) is 0.907. The molecule has 1 aromatic rings. The Morgan fingerprint density at radius 2 is 2.18 bits per heavy atom. The Morgan fingerprint density at radius 3 is 2.89 bits per heavy atom. The van der Waals surface area contributed by atoms with Crippen molar-refractivity contribution >= 4 is 5.97 Å². The molecule has 6 aliphatic rings. The maximum atomic E-state index is 11.7. The van der Waals surface area contributed by atoms with E-state index < -0.39 is 5.60 Å². The van der Waals surface area contributed by atoms with Crippen molar-refractivity contribution in [1.29, 1.82) is 0 Å². The number of fused-ring (bicyclic) bond motifs is 1. The number of hydrogen-bond donors (Lipinski definition) is 1. The van der Waals surface area contributed by atoms with E-state index in [1.165, 1.54) is 18.1 Å². The van der Waals surface area contributed by atoms with E-state index in [0.717, 1.165) is 31.6 Å². The molecule has 0 aromatic heterocycles. The summed E-state index contributed by atoms with van der Waals surface area (Å²) in [6.07, 6.45) is 7.16. The van der Waals surface area contributed by atoms with Gasteiger partial charge in [-0.2, -0.15) is 0 Å². The summed E-state index contributed by atoms with van der Waals surface area (Å²) in [4.78, 5) is 14.2. The van der Waals surface area contributed by atoms with Gasteiger partial charge in [0.2, 0.25) is 0 Å². The van der Waals surface area contributed by atoms with Crippen molar-refractivity contribution in [3.05, 3.63) is 35.4 Å². The van der Waals surface area contributed by atoms with Crippen LogP contribution in [0, 0.1) is 5.41 Å². The van der Waals surface area contributed by atoms with Crippen molar-refractivity contribution < 1.29 is 19.0 Å². The van der Waals surface area contributed by atoms with E-state index in [4.69, 9.17) is 19.9 Å². The van der Waals surface area contributed by atoms with E-state index >= 15 is 0 Å². The third-order valence-corrected chi connectivity index (χ3v) is 8.36. The molecule has 1 saturated carbocycles. The second-order valence-electron chi connectivity index (χ2n) is 9.18. The summed E-state index contributed by atoms with van der Waals surface area (Å²) in [5, 5.41) is 0. The van der Waals surface area contributed by atoms with Gasteiger partial charge in [-0.15, -0.1) is 0 Å². The summed E-state index contributed by atoms with van der Waals surface area (Å²) in [6.45, 7) is 2.43. The van der Waals surface area contributed by atoms with Crippen LogP contribution in [0.15, 0.2) is 24.3 Å². The number of nitrogens with zero attached hydrogens (tertiary/aromatic N) is 1. The van der Waals surface area contributed by atoms with Gasteiger partial charge in [-0.3, -0.25) is 4.79 Å². The second-order valence-corrected chi connectivity index (χ2v) is 9.18. The Balaban J connectivity index is 1.68. The summed E-state index contributed by atoms with van der Waals surface area (Å²) >= 11 is 0. The van der Waals surface area contributed by atoms with Crippen LogP contribution in [0.3, 0.4) is 0 Å². The normalized spacial score (nSPS) is 44.2. The van der Waals surface area contributed by atoms with Crippen LogP contribution in [0.25, 0.3) is 0 Å². The van der Waals surface area contributed by atoms with Gasteiger partial charge in [0.25, 0.3) is 0 Å². The van der Waals surface area contributed by atoms with Crippen LogP contribution in [0.2, 0.25) is 0 Å². The number of nitrogens with two attached hydrogens (primary N) is 1. The Kier molecular flexibility index (Phi) is 3.03. The maximum Gasteiger partial charge on any atom is 0.308 e. The highest BCUT2D eigenvalue weighted by Crippen LogP contribution is 2.73. The average Bonchev–Trinajstić information content (AvgIpc) is 3.02. The lowest BCUT2D eigenvalue weighted by Crippen LogP contribution is -2.81. The third kappa shape index (κ3) is 1.55. The summed E-state index contributed by atoms with van der Waals surface area (Å²) in [6, 6.07) is 4.24. The predicted molar refractivity (Wildman–Crippen MR) is 102 cm³/mol. The second kappa shape index (κ2) is 4.99. The number of likely N-dealkylation sites (N-methyl/N-ethyl adjacent to an activating group) is 1. The van der Waals surface area contributed by atoms with Gasteiger partial charge in [-0.25, -0.2) is 0 Å². The number of piperidine rings is 1. The fourth-order valence-electron chi connectivity index (χ4n) is 7.33.